The molecule has 1 aromatic heterocycles. The van der Waals surface area contributed by atoms with Crippen LogP contribution in [-0.4, -0.2) is 22.2 Å². The minimum atomic E-state index is -1.04. The molecule has 0 bridgehead atoms. The summed E-state index contributed by atoms with van der Waals surface area (Å²) in [6.07, 6.45) is 0. The Morgan fingerprint density at radius 2 is 1.79 bits per heavy atom. The van der Waals surface area contributed by atoms with Crippen LogP contribution in [0.25, 0.3) is 10.8 Å². The molecule has 2 aromatic carbocycles. The lowest BCUT2D eigenvalue weighted by Crippen LogP contribution is -2.35. The lowest BCUT2D eigenvalue weighted by Gasteiger charge is -2.22. The van der Waals surface area contributed by atoms with Gasteiger partial charge in [0.1, 0.15) is 0 Å². The molecule has 0 fully saturated rings. The van der Waals surface area contributed by atoms with Crippen molar-refractivity contribution in [3.8, 4) is 0 Å². The van der Waals surface area contributed by atoms with E-state index in [1.807, 2.05) is 13.8 Å². The van der Waals surface area contributed by atoms with Gasteiger partial charge in [0.2, 0.25) is 0 Å². The molecular weight excluding hydrogens is 364 g/mol. The molecule has 0 radical (unpaired) electrons. The van der Waals surface area contributed by atoms with Crippen LogP contribution in [0.4, 0.5) is 14.5 Å². The predicted octanol–water partition coefficient (Wildman–Crippen LogP) is 4.00. The quantitative estimate of drug-likeness (QED) is 0.667. The fourth-order valence-electron chi connectivity index (χ4n) is 3.09. The van der Waals surface area contributed by atoms with Crippen LogP contribution < -0.4 is 10.5 Å². The number of aromatic nitrogens is 2. The van der Waals surface area contributed by atoms with E-state index in [0.29, 0.717) is 17.3 Å². The predicted molar refractivity (Wildman–Crippen MR) is 105 cm³/mol. The molecule has 0 saturated heterocycles. The van der Waals surface area contributed by atoms with Gasteiger partial charge in [-0.25, -0.2) is 13.5 Å². The third kappa shape index (κ3) is 3.65. The number of fused-ring (bicyclic) bond motifs is 1. The van der Waals surface area contributed by atoms with Gasteiger partial charge in [-0.1, -0.05) is 32.0 Å². The number of anilines is 1. The van der Waals surface area contributed by atoms with Gasteiger partial charge >= 0.3 is 0 Å². The Labute approximate surface area is 161 Å². The topological polar surface area (TPSA) is 55.2 Å². The second kappa shape index (κ2) is 7.88. The Hall–Kier alpha value is -3.09. The Balaban J connectivity index is 2.17. The molecule has 0 unspecified atom stereocenters. The Kier molecular flexibility index (Phi) is 5.53. The van der Waals surface area contributed by atoms with Crippen LogP contribution in [0.15, 0.2) is 47.3 Å². The minimum Gasteiger partial charge on any atom is -0.307 e. The number of nitrogens with zero attached hydrogens (tertiary/aromatic N) is 3. The first-order valence-corrected chi connectivity index (χ1v) is 9.10. The summed E-state index contributed by atoms with van der Waals surface area (Å²) < 4.78 is 28.3. The molecule has 5 nitrogen and oxygen atoms in total. The van der Waals surface area contributed by atoms with Gasteiger partial charge in [-0.2, -0.15) is 5.10 Å². The maximum atomic E-state index is 13.7. The summed E-state index contributed by atoms with van der Waals surface area (Å²) in [7, 11) is 0. The van der Waals surface area contributed by atoms with E-state index in [1.54, 1.807) is 31.2 Å². The molecule has 146 valence electrons. The van der Waals surface area contributed by atoms with Crippen molar-refractivity contribution in [3.05, 3.63) is 70.1 Å². The maximum absolute atomic E-state index is 13.7. The summed E-state index contributed by atoms with van der Waals surface area (Å²) in [4.78, 5) is 27.3. The SMILES string of the molecule is CCN(C(=O)c1nn(CC(C)C)c(=O)c2ccccc12)c1ccc(F)c(F)c1. The van der Waals surface area contributed by atoms with E-state index in [0.717, 1.165) is 12.1 Å². The lowest BCUT2D eigenvalue weighted by atomic mass is 10.1. The summed E-state index contributed by atoms with van der Waals surface area (Å²) in [5.74, 6) is -2.35. The normalized spacial score (nSPS) is 11.2. The zero-order valence-corrected chi connectivity index (χ0v) is 15.9. The van der Waals surface area contributed by atoms with E-state index in [1.165, 1.54) is 15.6 Å². The van der Waals surface area contributed by atoms with Crippen molar-refractivity contribution in [2.45, 2.75) is 27.3 Å². The first-order chi connectivity index (χ1) is 13.3. The summed E-state index contributed by atoms with van der Waals surface area (Å²) in [5.41, 5.74) is 0.0537. The lowest BCUT2D eigenvalue weighted by molar-refractivity contribution is 0.0982. The zero-order chi connectivity index (χ0) is 20.4. The van der Waals surface area contributed by atoms with Crippen LogP contribution in [0.2, 0.25) is 0 Å². The fourth-order valence-corrected chi connectivity index (χ4v) is 3.09. The Morgan fingerprint density at radius 3 is 2.39 bits per heavy atom. The van der Waals surface area contributed by atoms with Crippen molar-refractivity contribution >= 4 is 22.4 Å². The third-order valence-electron chi connectivity index (χ3n) is 4.38. The van der Waals surface area contributed by atoms with E-state index in [4.69, 9.17) is 0 Å². The van der Waals surface area contributed by atoms with Gasteiger partial charge in [0.25, 0.3) is 11.5 Å². The summed E-state index contributed by atoms with van der Waals surface area (Å²) >= 11 is 0. The molecule has 0 atom stereocenters. The largest absolute Gasteiger partial charge is 0.307 e. The van der Waals surface area contributed by atoms with E-state index >= 15 is 0 Å². The summed E-state index contributed by atoms with van der Waals surface area (Å²) in [5, 5.41) is 5.14. The molecule has 3 rings (SSSR count). The molecular formula is C21H21F2N3O2. The highest BCUT2D eigenvalue weighted by atomic mass is 19.2. The smallest absolute Gasteiger partial charge is 0.279 e. The molecule has 28 heavy (non-hydrogen) atoms. The monoisotopic (exact) mass is 385 g/mol. The Morgan fingerprint density at radius 1 is 1.11 bits per heavy atom. The molecule has 0 N–H and O–H groups in total. The first kappa shape index (κ1) is 19.7. The summed E-state index contributed by atoms with van der Waals surface area (Å²) in [6.45, 7) is 6.21. The minimum absolute atomic E-state index is 0.0995. The molecule has 3 aromatic rings. The van der Waals surface area contributed by atoms with Gasteiger partial charge in [0.15, 0.2) is 17.3 Å². The number of hydrogen-bond donors (Lipinski definition) is 0. The van der Waals surface area contributed by atoms with Crippen molar-refractivity contribution < 1.29 is 13.6 Å². The second-order valence-electron chi connectivity index (χ2n) is 6.92. The average molecular weight is 385 g/mol. The molecule has 0 aliphatic carbocycles. The van der Waals surface area contributed by atoms with Crippen molar-refractivity contribution in [2.75, 3.05) is 11.4 Å². The van der Waals surface area contributed by atoms with Crippen LogP contribution in [0.5, 0.6) is 0 Å². The van der Waals surface area contributed by atoms with E-state index in [9.17, 15) is 18.4 Å². The molecule has 0 spiro atoms. The van der Waals surface area contributed by atoms with Crippen LogP contribution in [-0.2, 0) is 6.54 Å². The molecule has 1 amide bonds. The van der Waals surface area contributed by atoms with Gasteiger partial charge in [0, 0.05) is 30.2 Å². The van der Waals surface area contributed by atoms with Crippen LogP contribution in [0.3, 0.4) is 0 Å². The number of amides is 1. The van der Waals surface area contributed by atoms with Crippen molar-refractivity contribution in [1.29, 1.82) is 0 Å². The van der Waals surface area contributed by atoms with Crippen molar-refractivity contribution in [2.24, 2.45) is 5.92 Å². The van der Waals surface area contributed by atoms with E-state index < -0.39 is 17.5 Å². The summed E-state index contributed by atoms with van der Waals surface area (Å²) in [6, 6.07) is 10.1. The van der Waals surface area contributed by atoms with Crippen LogP contribution in [0, 0.1) is 17.6 Å². The van der Waals surface area contributed by atoms with Crippen molar-refractivity contribution in [1.82, 2.24) is 9.78 Å². The van der Waals surface area contributed by atoms with E-state index in [2.05, 4.69) is 5.10 Å². The number of carbonyl (C=O) groups excluding carboxylic acids is 1. The number of halogens is 2. The molecule has 7 heteroatoms. The number of rotatable bonds is 5. The number of benzene rings is 2. The molecule has 0 saturated carbocycles. The number of carbonyl (C=O) groups is 1. The molecule has 0 aliphatic heterocycles. The zero-order valence-electron chi connectivity index (χ0n) is 15.9. The highest BCUT2D eigenvalue weighted by Gasteiger charge is 2.23. The van der Waals surface area contributed by atoms with Gasteiger partial charge in [-0.05, 0) is 31.0 Å². The van der Waals surface area contributed by atoms with Crippen LogP contribution in [0.1, 0.15) is 31.3 Å². The van der Waals surface area contributed by atoms with Crippen LogP contribution >= 0.6 is 0 Å². The van der Waals surface area contributed by atoms with E-state index in [-0.39, 0.29) is 29.4 Å². The first-order valence-electron chi connectivity index (χ1n) is 9.10. The number of hydrogen-bond acceptors (Lipinski definition) is 3. The highest BCUT2D eigenvalue weighted by Crippen LogP contribution is 2.22. The van der Waals surface area contributed by atoms with Gasteiger partial charge in [0.05, 0.1) is 5.39 Å². The van der Waals surface area contributed by atoms with Gasteiger partial charge < -0.3 is 4.90 Å². The maximum Gasteiger partial charge on any atom is 0.279 e. The fraction of sp³-hybridized carbons (Fsp3) is 0.286. The molecule has 0 aliphatic rings. The second-order valence-corrected chi connectivity index (χ2v) is 6.92. The average Bonchev–Trinajstić information content (AvgIpc) is 2.67. The Bertz CT molecular complexity index is 1090. The molecule has 1 heterocycles. The highest BCUT2D eigenvalue weighted by molar-refractivity contribution is 6.12. The third-order valence-corrected chi connectivity index (χ3v) is 4.38. The standard InChI is InChI=1S/C21H21F2N3O2/c1-4-25(14-9-10-17(22)18(23)11-14)21(28)19-15-7-5-6-8-16(15)20(27)26(24-19)12-13(2)3/h5-11,13H,4,12H2,1-3H3. The van der Waals surface area contributed by atoms with Gasteiger partial charge in [-0.3, -0.25) is 9.59 Å². The van der Waals surface area contributed by atoms with Crippen molar-refractivity contribution in [3.63, 3.8) is 0 Å². The van der Waals surface area contributed by atoms with Gasteiger partial charge in [-0.15, -0.1) is 0 Å².